The van der Waals surface area contributed by atoms with Crippen LogP contribution in [0.15, 0.2) is 18.2 Å². The van der Waals surface area contributed by atoms with Crippen molar-refractivity contribution in [3.8, 4) is 0 Å². The van der Waals surface area contributed by atoms with E-state index in [0.717, 1.165) is 31.4 Å². The first kappa shape index (κ1) is 21.1. The summed E-state index contributed by atoms with van der Waals surface area (Å²) in [6.07, 6.45) is 3.94. The summed E-state index contributed by atoms with van der Waals surface area (Å²) in [7, 11) is 3.14. The molecule has 0 unspecified atom stereocenters. The minimum atomic E-state index is -0.523. The molecule has 0 spiro atoms. The predicted octanol–water partition coefficient (Wildman–Crippen LogP) is 3.50. The summed E-state index contributed by atoms with van der Waals surface area (Å²) in [6, 6.07) is 5.30. The van der Waals surface area contributed by atoms with Crippen molar-refractivity contribution in [1.82, 2.24) is 4.98 Å². The molecule has 1 heterocycles. The second kappa shape index (κ2) is 9.26. The van der Waals surface area contributed by atoms with E-state index in [4.69, 9.17) is 15.2 Å². The van der Waals surface area contributed by atoms with Crippen LogP contribution in [0.5, 0.6) is 0 Å². The van der Waals surface area contributed by atoms with Crippen molar-refractivity contribution < 1.29 is 35.3 Å². The van der Waals surface area contributed by atoms with Crippen LogP contribution in [0.4, 0.5) is 5.82 Å². The SMILES string of the molecule is COC(=O)C1(Cc2cccc([NH-])n2)CCC(OC)CC1.[CH3-].[W+2]. The molecule has 2 rings (SSSR count). The summed E-state index contributed by atoms with van der Waals surface area (Å²) in [5, 5.41) is 0. The Morgan fingerprint density at radius 3 is 2.50 bits per heavy atom. The third kappa shape index (κ3) is 4.79. The van der Waals surface area contributed by atoms with Crippen molar-refractivity contribution in [2.75, 3.05) is 14.2 Å². The van der Waals surface area contributed by atoms with Crippen LogP contribution < -0.4 is 0 Å². The van der Waals surface area contributed by atoms with Crippen LogP contribution in [-0.4, -0.2) is 31.3 Å². The summed E-state index contributed by atoms with van der Waals surface area (Å²) >= 11 is 0. The van der Waals surface area contributed by atoms with E-state index in [0.29, 0.717) is 6.42 Å². The average Bonchev–Trinajstić information content (AvgIpc) is 2.47. The number of aromatic nitrogens is 1. The van der Waals surface area contributed by atoms with Gasteiger partial charge in [0.15, 0.2) is 0 Å². The predicted molar refractivity (Wildman–Crippen MR) is 82.1 cm³/mol. The van der Waals surface area contributed by atoms with Gasteiger partial charge in [0.05, 0.1) is 18.6 Å². The second-order valence-corrected chi connectivity index (χ2v) is 5.40. The van der Waals surface area contributed by atoms with Gasteiger partial charge in [-0.1, -0.05) is 29.7 Å². The molecule has 1 fully saturated rings. The van der Waals surface area contributed by atoms with Gasteiger partial charge in [-0.05, 0) is 32.1 Å². The van der Waals surface area contributed by atoms with Crippen molar-refractivity contribution in [3.63, 3.8) is 0 Å². The zero-order chi connectivity index (χ0) is 14.6. The summed E-state index contributed by atoms with van der Waals surface area (Å²) in [5.74, 6) is 0.0531. The molecule has 0 saturated heterocycles. The average molecular weight is 476 g/mol. The van der Waals surface area contributed by atoms with Crippen molar-refractivity contribution in [2.45, 2.75) is 38.2 Å². The molecule has 1 aromatic heterocycles. The van der Waals surface area contributed by atoms with Gasteiger partial charge < -0.3 is 27.6 Å². The summed E-state index contributed by atoms with van der Waals surface area (Å²) in [4.78, 5) is 16.4. The quantitative estimate of drug-likeness (QED) is 0.493. The van der Waals surface area contributed by atoms with Crippen molar-refractivity contribution in [1.29, 1.82) is 0 Å². The summed E-state index contributed by atoms with van der Waals surface area (Å²) < 4.78 is 10.4. The number of ether oxygens (including phenoxy) is 2. The fourth-order valence-corrected chi connectivity index (χ4v) is 2.97. The number of methoxy groups -OCH3 is 2. The molecule has 0 aliphatic heterocycles. The molecule has 1 saturated carbocycles. The molecule has 122 valence electrons. The van der Waals surface area contributed by atoms with Gasteiger partial charge in [-0.15, -0.1) is 0 Å². The van der Waals surface area contributed by atoms with Gasteiger partial charge >= 0.3 is 27.0 Å². The maximum absolute atomic E-state index is 12.2. The van der Waals surface area contributed by atoms with Crippen molar-refractivity contribution in [3.05, 3.63) is 37.1 Å². The Labute approximate surface area is 147 Å². The van der Waals surface area contributed by atoms with Crippen LogP contribution in [0.1, 0.15) is 31.4 Å². The Bertz CT molecular complexity index is 474. The topological polar surface area (TPSA) is 72.2 Å². The molecule has 0 radical (unpaired) electrons. The Balaban J connectivity index is 0.00000220. The molecule has 1 N–H and O–H groups in total. The van der Waals surface area contributed by atoms with Gasteiger partial charge in [-0.25, -0.2) is 0 Å². The number of esters is 1. The molecule has 1 aromatic rings. The maximum atomic E-state index is 12.2. The first-order chi connectivity index (χ1) is 9.59. The van der Waals surface area contributed by atoms with Gasteiger partial charge in [0, 0.05) is 7.11 Å². The number of pyridine rings is 1. The first-order valence-electron chi connectivity index (χ1n) is 6.88. The number of hydrogen-bond donors (Lipinski definition) is 0. The zero-order valence-corrected chi connectivity index (χ0v) is 16.4. The van der Waals surface area contributed by atoms with E-state index in [-0.39, 0.29) is 46.4 Å². The molecule has 22 heavy (non-hydrogen) atoms. The van der Waals surface area contributed by atoms with Crippen LogP contribution in [0.25, 0.3) is 5.73 Å². The Hall–Kier alpha value is -0.932. The molecule has 0 amide bonds. The fourth-order valence-electron chi connectivity index (χ4n) is 2.97. The smallest absolute Gasteiger partial charge is 0.482 e. The minimum absolute atomic E-state index is 0. The van der Waals surface area contributed by atoms with E-state index < -0.39 is 5.41 Å². The number of rotatable bonds is 4. The number of nitrogens with one attached hydrogen (secondary N) is 1. The molecule has 0 aromatic carbocycles. The van der Waals surface area contributed by atoms with Gasteiger partial charge in [0.25, 0.3) is 0 Å². The molecule has 1 aliphatic carbocycles. The first-order valence-corrected chi connectivity index (χ1v) is 6.88. The van der Waals surface area contributed by atoms with E-state index in [1.165, 1.54) is 7.11 Å². The Kier molecular flexibility index (Phi) is 8.87. The van der Waals surface area contributed by atoms with E-state index in [1.54, 1.807) is 19.2 Å². The van der Waals surface area contributed by atoms with Gasteiger partial charge in [0.1, 0.15) is 0 Å². The molecule has 0 atom stereocenters. The molecule has 6 heteroatoms. The van der Waals surface area contributed by atoms with Crippen LogP contribution in [0.2, 0.25) is 0 Å². The van der Waals surface area contributed by atoms with Crippen LogP contribution >= 0.6 is 0 Å². The number of carbonyl (C=O) groups excluding carboxylic acids is 1. The third-order valence-electron chi connectivity index (χ3n) is 4.17. The number of carbonyl (C=O) groups is 1. The molecular formula is C16H24N2O3W. The molecular weight excluding hydrogens is 452 g/mol. The van der Waals surface area contributed by atoms with E-state index in [2.05, 4.69) is 4.98 Å². The summed E-state index contributed by atoms with van der Waals surface area (Å²) in [5.41, 5.74) is 7.84. The number of hydrogen-bond acceptors (Lipinski definition) is 4. The Morgan fingerprint density at radius 2 is 2.00 bits per heavy atom. The minimum Gasteiger partial charge on any atom is -0.482 e. The van der Waals surface area contributed by atoms with Crippen molar-refractivity contribution in [2.24, 2.45) is 5.41 Å². The Morgan fingerprint density at radius 1 is 1.36 bits per heavy atom. The second-order valence-electron chi connectivity index (χ2n) is 5.40. The van der Waals surface area contributed by atoms with E-state index in [9.17, 15) is 4.79 Å². The van der Waals surface area contributed by atoms with Gasteiger partial charge in [-0.2, -0.15) is 0 Å². The monoisotopic (exact) mass is 476 g/mol. The zero-order valence-electron chi connectivity index (χ0n) is 13.4. The third-order valence-corrected chi connectivity index (χ3v) is 4.17. The van der Waals surface area contributed by atoms with Crippen molar-refractivity contribution >= 4 is 11.8 Å². The van der Waals surface area contributed by atoms with Gasteiger partial charge in [0.2, 0.25) is 0 Å². The van der Waals surface area contributed by atoms with Gasteiger partial charge in [-0.3, -0.25) is 4.79 Å². The van der Waals surface area contributed by atoms with Crippen LogP contribution in [0.3, 0.4) is 0 Å². The normalized spacial score (nSPS) is 23.8. The standard InChI is InChI=1S/C15H21N2O3.CH3.W/c1-19-12-6-8-15(9-7-12,14(18)20-2)10-11-4-3-5-13(16)17-11;;/h3-5,12H,6-10H2,1-2H3,(H-,16,17);1H3;/q2*-1;+2. The fraction of sp³-hybridized carbons (Fsp3) is 0.562. The molecule has 5 nitrogen and oxygen atoms in total. The molecule has 1 aliphatic rings. The van der Waals surface area contributed by atoms with E-state index in [1.807, 2.05) is 6.07 Å². The van der Waals surface area contributed by atoms with Crippen LogP contribution in [0, 0.1) is 12.8 Å². The molecule has 0 bridgehead atoms. The summed E-state index contributed by atoms with van der Waals surface area (Å²) in [6.45, 7) is 0. The van der Waals surface area contributed by atoms with Crippen LogP contribution in [-0.2, 0) is 41.8 Å². The largest absolute Gasteiger partial charge is 2.00 e. The maximum Gasteiger partial charge on any atom is 2.00 e. The van der Waals surface area contributed by atoms with E-state index >= 15 is 0 Å². The number of nitrogens with zero attached hydrogens (tertiary/aromatic N) is 1.